The van der Waals surface area contributed by atoms with E-state index in [4.69, 9.17) is 0 Å². The van der Waals surface area contributed by atoms with Crippen LogP contribution in [0.25, 0.3) is 0 Å². The van der Waals surface area contributed by atoms with Crippen LogP contribution in [0.1, 0.15) is 24.8 Å². The normalized spacial score (nSPS) is 17.0. The molecular weight excluding hydrogens is 223 g/mol. The van der Waals surface area contributed by atoms with Gasteiger partial charge >= 0.3 is 5.69 Å². The highest BCUT2D eigenvalue weighted by molar-refractivity contribution is 5.36. The lowest BCUT2D eigenvalue weighted by atomic mass is 10.1. The second kappa shape index (κ2) is 5.23. The number of hydrogen-bond donors (Lipinski definition) is 0. The van der Waals surface area contributed by atoms with Crippen molar-refractivity contribution in [2.75, 3.05) is 13.1 Å². The Labute approximate surface area is 99.2 Å². The highest BCUT2D eigenvalue weighted by atomic mass is 19.1. The number of nitrogens with zero attached hydrogens (tertiary/aromatic N) is 2. The Bertz CT molecular complexity index is 417. The molecule has 1 fully saturated rings. The first-order valence-corrected chi connectivity index (χ1v) is 5.82. The first-order chi connectivity index (χ1) is 8.16. The van der Waals surface area contributed by atoms with E-state index in [0.717, 1.165) is 18.7 Å². The number of hydrogen-bond acceptors (Lipinski definition) is 3. The lowest BCUT2D eigenvalue weighted by Crippen LogP contribution is -2.29. The zero-order chi connectivity index (χ0) is 12.3. The van der Waals surface area contributed by atoms with Gasteiger partial charge in [-0.25, -0.2) is 0 Å². The maximum absolute atomic E-state index is 13.1. The van der Waals surface area contributed by atoms with Gasteiger partial charge in [-0.1, -0.05) is 12.5 Å². The third-order valence-electron chi connectivity index (χ3n) is 3.06. The van der Waals surface area contributed by atoms with Crippen molar-refractivity contribution in [2.45, 2.75) is 25.8 Å². The van der Waals surface area contributed by atoms with Crippen molar-refractivity contribution < 1.29 is 9.31 Å². The molecule has 1 aliphatic heterocycles. The van der Waals surface area contributed by atoms with Gasteiger partial charge in [-0.15, -0.1) is 0 Å². The van der Waals surface area contributed by atoms with E-state index in [1.54, 1.807) is 6.07 Å². The molecule has 5 heteroatoms. The Kier molecular flexibility index (Phi) is 3.68. The standard InChI is InChI=1S/C12H15FN2O2/c13-11-5-4-10(8-12(11)15(16)17)9-14-6-2-1-3-7-14/h4-5,8H,1-3,6-7,9H2. The van der Waals surface area contributed by atoms with Crippen molar-refractivity contribution in [1.82, 2.24) is 4.90 Å². The lowest BCUT2D eigenvalue weighted by Gasteiger charge is -2.26. The zero-order valence-corrected chi connectivity index (χ0v) is 9.56. The monoisotopic (exact) mass is 238 g/mol. The fourth-order valence-corrected chi connectivity index (χ4v) is 2.17. The second-order valence-corrected chi connectivity index (χ2v) is 4.38. The number of halogens is 1. The fourth-order valence-electron chi connectivity index (χ4n) is 2.17. The zero-order valence-electron chi connectivity index (χ0n) is 9.56. The van der Waals surface area contributed by atoms with Crippen molar-refractivity contribution >= 4 is 5.69 Å². The van der Waals surface area contributed by atoms with Gasteiger partial charge in [0.05, 0.1) is 4.92 Å². The van der Waals surface area contributed by atoms with E-state index in [0.29, 0.717) is 6.54 Å². The Hall–Kier alpha value is -1.49. The maximum Gasteiger partial charge on any atom is 0.305 e. The molecule has 0 atom stereocenters. The van der Waals surface area contributed by atoms with E-state index in [2.05, 4.69) is 4.90 Å². The third kappa shape index (κ3) is 3.00. The Morgan fingerprint density at radius 3 is 2.65 bits per heavy atom. The van der Waals surface area contributed by atoms with Gasteiger partial charge in [0.2, 0.25) is 5.82 Å². The van der Waals surface area contributed by atoms with E-state index in [9.17, 15) is 14.5 Å². The van der Waals surface area contributed by atoms with Crippen LogP contribution in [0.2, 0.25) is 0 Å². The van der Waals surface area contributed by atoms with Gasteiger partial charge in [-0.05, 0) is 37.6 Å². The Morgan fingerprint density at radius 1 is 1.29 bits per heavy atom. The van der Waals surface area contributed by atoms with Crippen molar-refractivity contribution in [3.05, 3.63) is 39.7 Å². The van der Waals surface area contributed by atoms with E-state index < -0.39 is 16.4 Å². The van der Waals surface area contributed by atoms with Gasteiger partial charge < -0.3 is 0 Å². The van der Waals surface area contributed by atoms with E-state index in [-0.39, 0.29) is 0 Å². The van der Waals surface area contributed by atoms with Crippen molar-refractivity contribution in [3.8, 4) is 0 Å². The second-order valence-electron chi connectivity index (χ2n) is 4.38. The van der Waals surface area contributed by atoms with Crippen molar-refractivity contribution in [1.29, 1.82) is 0 Å². The summed E-state index contributed by atoms with van der Waals surface area (Å²) in [6.45, 7) is 2.71. The van der Waals surface area contributed by atoms with Gasteiger partial charge in [0, 0.05) is 12.6 Å². The molecule has 0 N–H and O–H groups in total. The minimum Gasteiger partial charge on any atom is -0.299 e. The van der Waals surface area contributed by atoms with Gasteiger partial charge in [-0.2, -0.15) is 4.39 Å². The average Bonchev–Trinajstić information content (AvgIpc) is 2.32. The molecule has 0 spiro atoms. The highest BCUT2D eigenvalue weighted by Gasteiger charge is 2.16. The molecule has 4 nitrogen and oxygen atoms in total. The van der Waals surface area contributed by atoms with Gasteiger partial charge in [0.25, 0.3) is 0 Å². The van der Waals surface area contributed by atoms with Gasteiger partial charge in [0.15, 0.2) is 0 Å². The summed E-state index contributed by atoms with van der Waals surface area (Å²) in [6.07, 6.45) is 3.59. The number of piperidine rings is 1. The first kappa shape index (κ1) is 12.0. The summed E-state index contributed by atoms with van der Waals surface area (Å²) in [7, 11) is 0. The minimum absolute atomic E-state index is 0.431. The molecular formula is C12H15FN2O2. The molecule has 0 saturated carbocycles. The third-order valence-corrected chi connectivity index (χ3v) is 3.06. The molecule has 0 radical (unpaired) electrons. The number of likely N-dealkylation sites (tertiary alicyclic amines) is 1. The summed E-state index contributed by atoms with van der Waals surface area (Å²) in [4.78, 5) is 12.2. The predicted molar refractivity (Wildman–Crippen MR) is 62.2 cm³/mol. The van der Waals surface area contributed by atoms with Crippen LogP contribution in [0.3, 0.4) is 0 Å². The van der Waals surface area contributed by atoms with E-state index in [1.807, 2.05) is 0 Å². The summed E-state index contributed by atoms with van der Waals surface area (Å²) < 4.78 is 13.1. The molecule has 92 valence electrons. The molecule has 0 aliphatic carbocycles. The summed E-state index contributed by atoms with van der Waals surface area (Å²) >= 11 is 0. The van der Waals surface area contributed by atoms with Crippen LogP contribution in [0.15, 0.2) is 18.2 Å². The lowest BCUT2D eigenvalue weighted by molar-refractivity contribution is -0.387. The maximum atomic E-state index is 13.1. The average molecular weight is 238 g/mol. The molecule has 17 heavy (non-hydrogen) atoms. The summed E-state index contributed by atoms with van der Waals surface area (Å²) in [5, 5.41) is 10.6. The molecule has 0 bridgehead atoms. The molecule has 1 aromatic rings. The van der Waals surface area contributed by atoms with Crippen LogP contribution in [-0.2, 0) is 6.54 Å². The Morgan fingerprint density at radius 2 is 2.00 bits per heavy atom. The largest absolute Gasteiger partial charge is 0.305 e. The van der Waals surface area contributed by atoms with Gasteiger partial charge in [-0.3, -0.25) is 15.0 Å². The molecule has 1 saturated heterocycles. The fraction of sp³-hybridized carbons (Fsp3) is 0.500. The molecule has 0 aromatic heterocycles. The predicted octanol–water partition coefficient (Wildman–Crippen LogP) is 2.72. The van der Waals surface area contributed by atoms with Crippen molar-refractivity contribution in [3.63, 3.8) is 0 Å². The number of nitro benzene ring substituents is 1. The van der Waals surface area contributed by atoms with Gasteiger partial charge in [0.1, 0.15) is 0 Å². The SMILES string of the molecule is O=[N+]([O-])c1cc(CN2CCCCC2)ccc1F. The van der Waals surface area contributed by atoms with Crippen LogP contribution < -0.4 is 0 Å². The molecule has 1 heterocycles. The number of nitro groups is 1. The molecule has 0 amide bonds. The summed E-state index contributed by atoms with van der Waals surface area (Å²) in [5.41, 5.74) is 0.375. The topological polar surface area (TPSA) is 46.4 Å². The smallest absolute Gasteiger partial charge is 0.299 e. The molecule has 1 aromatic carbocycles. The first-order valence-electron chi connectivity index (χ1n) is 5.82. The van der Waals surface area contributed by atoms with Crippen LogP contribution in [-0.4, -0.2) is 22.9 Å². The van der Waals surface area contributed by atoms with E-state index in [1.165, 1.54) is 31.4 Å². The summed E-state index contributed by atoms with van der Waals surface area (Å²) in [5.74, 6) is -0.766. The van der Waals surface area contributed by atoms with Crippen LogP contribution in [0, 0.1) is 15.9 Å². The molecule has 0 unspecified atom stereocenters. The minimum atomic E-state index is -0.766. The summed E-state index contributed by atoms with van der Waals surface area (Å²) in [6, 6.07) is 4.14. The number of rotatable bonds is 3. The highest BCUT2D eigenvalue weighted by Crippen LogP contribution is 2.20. The Balaban J connectivity index is 2.10. The van der Waals surface area contributed by atoms with Crippen molar-refractivity contribution in [2.24, 2.45) is 0 Å². The van der Waals surface area contributed by atoms with Crippen LogP contribution in [0.5, 0.6) is 0 Å². The van der Waals surface area contributed by atoms with Crippen LogP contribution >= 0.6 is 0 Å². The van der Waals surface area contributed by atoms with Crippen LogP contribution in [0.4, 0.5) is 10.1 Å². The number of benzene rings is 1. The molecule has 2 rings (SSSR count). The quantitative estimate of drug-likeness (QED) is 0.600. The van der Waals surface area contributed by atoms with E-state index >= 15 is 0 Å². The molecule has 1 aliphatic rings.